The summed E-state index contributed by atoms with van der Waals surface area (Å²) in [5.74, 6) is 3.59. The van der Waals surface area contributed by atoms with Gasteiger partial charge in [0.15, 0.2) is 11.0 Å². The number of nitrogens with zero attached hydrogens (tertiary/aromatic N) is 5. The molecule has 0 fully saturated rings. The van der Waals surface area contributed by atoms with Gasteiger partial charge in [0.2, 0.25) is 11.8 Å². The second kappa shape index (κ2) is 11.3. The fourth-order valence-electron chi connectivity index (χ4n) is 3.42. The second-order valence-corrected chi connectivity index (χ2v) is 9.11. The number of hydrogen-bond donors (Lipinski definition) is 0. The molecule has 5 aromatic rings. The van der Waals surface area contributed by atoms with Crippen molar-refractivity contribution in [2.24, 2.45) is 0 Å². The van der Waals surface area contributed by atoms with E-state index in [-0.39, 0.29) is 6.61 Å². The molecule has 0 amide bonds. The predicted octanol–water partition coefficient (Wildman–Crippen LogP) is 5.91. The summed E-state index contributed by atoms with van der Waals surface area (Å²) in [6.45, 7) is 0.876. The van der Waals surface area contributed by atoms with E-state index < -0.39 is 0 Å². The molecule has 0 bridgehead atoms. The summed E-state index contributed by atoms with van der Waals surface area (Å²) >= 11 is 7.45. The standard InChI is InChI=1S/C26H22ClN5O3S/c1-33-21-11-7-19(8-12-21)25-30-29-24(35-25)17-36-26-31-28-23(16-34-22-13-9-20(27)10-14-22)32(26)15-18-5-3-2-4-6-18/h2-14H,15-17H2,1H3. The van der Waals surface area contributed by atoms with Gasteiger partial charge in [-0.25, -0.2) is 0 Å². The molecule has 0 aliphatic heterocycles. The average molecular weight is 520 g/mol. The molecule has 2 aromatic heterocycles. The molecule has 0 spiro atoms. The largest absolute Gasteiger partial charge is 0.497 e. The molecule has 10 heteroatoms. The van der Waals surface area contributed by atoms with E-state index in [0.717, 1.165) is 22.0 Å². The fourth-order valence-corrected chi connectivity index (χ4v) is 4.34. The lowest BCUT2D eigenvalue weighted by atomic mass is 10.2. The highest BCUT2D eigenvalue weighted by atomic mass is 35.5. The first kappa shape index (κ1) is 23.9. The number of rotatable bonds is 10. The van der Waals surface area contributed by atoms with E-state index in [2.05, 4.69) is 32.5 Å². The topological polar surface area (TPSA) is 88.1 Å². The highest BCUT2D eigenvalue weighted by Crippen LogP contribution is 2.26. The summed E-state index contributed by atoms with van der Waals surface area (Å²) in [7, 11) is 1.63. The van der Waals surface area contributed by atoms with Gasteiger partial charge in [-0.3, -0.25) is 4.57 Å². The van der Waals surface area contributed by atoms with Gasteiger partial charge in [0.1, 0.15) is 18.1 Å². The van der Waals surface area contributed by atoms with Crippen LogP contribution in [0, 0.1) is 0 Å². The number of thioether (sulfide) groups is 1. The number of methoxy groups -OCH3 is 1. The van der Waals surface area contributed by atoms with Gasteiger partial charge >= 0.3 is 0 Å². The van der Waals surface area contributed by atoms with Crippen molar-refractivity contribution < 1.29 is 13.9 Å². The Morgan fingerprint density at radius 2 is 1.61 bits per heavy atom. The van der Waals surface area contributed by atoms with E-state index in [1.807, 2.05) is 59.2 Å². The fraction of sp³-hybridized carbons (Fsp3) is 0.154. The van der Waals surface area contributed by atoms with Crippen LogP contribution in [0.1, 0.15) is 17.3 Å². The first-order chi connectivity index (χ1) is 17.7. The van der Waals surface area contributed by atoms with Crippen molar-refractivity contribution >= 4 is 23.4 Å². The Kier molecular flexibility index (Phi) is 7.49. The van der Waals surface area contributed by atoms with Gasteiger partial charge in [0.25, 0.3) is 0 Å². The molecule has 0 atom stereocenters. The maximum Gasteiger partial charge on any atom is 0.247 e. The number of aromatic nitrogens is 5. The minimum Gasteiger partial charge on any atom is -0.497 e. The van der Waals surface area contributed by atoms with Crippen LogP contribution in [0.5, 0.6) is 11.5 Å². The molecule has 0 N–H and O–H groups in total. The van der Waals surface area contributed by atoms with Crippen LogP contribution in [0.4, 0.5) is 0 Å². The van der Waals surface area contributed by atoms with Crippen LogP contribution in [-0.2, 0) is 18.9 Å². The Balaban J connectivity index is 1.31. The van der Waals surface area contributed by atoms with E-state index in [1.54, 1.807) is 19.2 Å². The third-order valence-corrected chi connectivity index (χ3v) is 6.49. The lowest BCUT2D eigenvalue weighted by molar-refractivity contribution is 0.289. The van der Waals surface area contributed by atoms with E-state index in [9.17, 15) is 0 Å². The van der Waals surface area contributed by atoms with Gasteiger partial charge in [-0.2, -0.15) is 0 Å². The van der Waals surface area contributed by atoms with Crippen molar-refractivity contribution in [3.63, 3.8) is 0 Å². The highest BCUT2D eigenvalue weighted by Gasteiger charge is 2.16. The summed E-state index contributed by atoms with van der Waals surface area (Å²) < 4.78 is 19.0. The van der Waals surface area contributed by atoms with E-state index >= 15 is 0 Å². The Morgan fingerprint density at radius 1 is 0.861 bits per heavy atom. The van der Waals surface area contributed by atoms with Crippen LogP contribution in [0.25, 0.3) is 11.5 Å². The van der Waals surface area contributed by atoms with Crippen molar-refractivity contribution in [2.45, 2.75) is 24.1 Å². The summed E-state index contributed by atoms with van der Waals surface area (Å²) in [4.78, 5) is 0. The van der Waals surface area contributed by atoms with Gasteiger partial charge < -0.3 is 13.9 Å². The molecule has 5 rings (SSSR count). The zero-order valence-electron chi connectivity index (χ0n) is 19.4. The lowest BCUT2D eigenvalue weighted by Crippen LogP contribution is -2.09. The van der Waals surface area contributed by atoms with Crippen LogP contribution in [0.2, 0.25) is 5.02 Å². The van der Waals surface area contributed by atoms with Crippen LogP contribution >= 0.6 is 23.4 Å². The number of ether oxygens (including phenoxy) is 2. The Labute approximate surface area is 217 Å². The molecule has 0 aliphatic rings. The zero-order chi connectivity index (χ0) is 24.7. The van der Waals surface area contributed by atoms with Crippen molar-refractivity contribution in [2.75, 3.05) is 7.11 Å². The molecule has 0 saturated heterocycles. The van der Waals surface area contributed by atoms with Crippen LogP contribution in [0.3, 0.4) is 0 Å². The van der Waals surface area contributed by atoms with Crippen molar-refractivity contribution in [3.8, 4) is 23.0 Å². The molecule has 3 aromatic carbocycles. The molecule has 36 heavy (non-hydrogen) atoms. The molecule has 0 radical (unpaired) electrons. The Hall–Kier alpha value is -3.82. The Bertz CT molecular complexity index is 1410. The monoisotopic (exact) mass is 519 g/mol. The third kappa shape index (κ3) is 5.87. The first-order valence-corrected chi connectivity index (χ1v) is 12.5. The predicted molar refractivity (Wildman–Crippen MR) is 137 cm³/mol. The van der Waals surface area contributed by atoms with Crippen LogP contribution in [0.15, 0.2) is 88.4 Å². The maximum absolute atomic E-state index is 5.97. The van der Waals surface area contributed by atoms with Crippen LogP contribution in [-0.4, -0.2) is 32.1 Å². The molecular formula is C26H22ClN5O3S. The van der Waals surface area contributed by atoms with Gasteiger partial charge in [-0.15, -0.1) is 20.4 Å². The molecule has 182 valence electrons. The van der Waals surface area contributed by atoms with Gasteiger partial charge in [-0.1, -0.05) is 53.7 Å². The van der Waals surface area contributed by atoms with Crippen molar-refractivity contribution in [1.29, 1.82) is 0 Å². The zero-order valence-corrected chi connectivity index (χ0v) is 20.9. The number of halogens is 1. The van der Waals surface area contributed by atoms with Gasteiger partial charge in [0, 0.05) is 10.6 Å². The van der Waals surface area contributed by atoms with Gasteiger partial charge in [0.05, 0.1) is 19.4 Å². The molecule has 2 heterocycles. The third-order valence-electron chi connectivity index (χ3n) is 5.29. The maximum atomic E-state index is 5.97. The highest BCUT2D eigenvalue weighted by molar-refractivity contribution is 7.98. The van der Waals surface area contributed by atoms with Crippen molar-refractivity contribution in [3.05, 3.63) is 101 Å². The van der Waals surface area contributed by atoms with Gasteiger partial charge in [-0.05, 0) is 54.1 Å². The number of benzene rings is 3. The van der Waals surface area contributed by atoms with E-state index in [1.165, 1.54) is 11.8 Å². The number of hydrogen-bond acceptors (Lipinski definition) is 8. The normalized spacial score (nSPS) is 10.9. The lowest BCUT2D eigenvalue weighted by Gasteiger charge is -2.11. The first-order valence-electron chi connectivity index (χ1n) is 11.1. The minimum absolute atomic E-state index is 0.268. The molecule has 0 unspecified atom stereocenters. The molecular weight excluding hydrogens is 498 g/mol. The second-order valence-electron chi connectivity index (χ2n) is 7.73. The van der Waals surface area contributed by atoms with E-state index in [4.69, 9.17) is 25.5 Å². The van der Waals surface area contributed by atoms with Crippen molar-refractivity contribution in [1.82, 2.24) is 25.0 Å². The SMILES string of the molecule is COc1ccc(-c2nnc(CSc3nnc(COc4ccc(Cl)cc4)n3Cc3ccccc3)o2)cc1. The van der Waals surface area contributed by atoms with Crippen LogP contribution < -0.4 is 9.47 Å². The summed E-state index contributed by atoms with van der Waals surface area (Å²) in [6, 6.07) is 24.8. The van der Waals surface area contributed by atoms with E-state index in [0.29, 0.717) is 40.7 Å². The molecule has 8 nitrogen and oxygen atoms in total. The minimum atomic E-state index is 0.268. The summed E-state index contributed by atoms with van der Waals surface area (Å²) in [6.07, 6.45) is 0. The Morgan fingerprint density at radius 3 is 2.36 bits per heavy atom. The molecule has 0 aliphatic carbocycles. The summed E-state index contributed by atoms with van der Waals surface area (Å²) in [5.41, 5.74) is 1.96. The molecule has 0 saturated carbocycles. The quantitative estimate of drug-likeness (QED) is 0.210. The summed E-state index contributed by atoms with van der Waals surface area (Å²) in [5, 5.41) is 18.6. The average Bonchev–Trinajstić information content (AvgIpc) is 3.55. The smallest absolute Gasteiger partial charge is 0.247 e.